The second kappa shape index (κ2) is 12.0. The van der Waals surface area contributed by atoms with Crippen LogP contribution in [0.2, 0.25) is 0 Å². The molecule has 0 unspecified atom stereocenters. The second-order valence-corrected chi connectivity index (χ2v) is 5.61. The lowest BCUT2D eigenvalue weighted by atomic mass is 10.2. The minimum atomic E-state index is -0.347. The van der Waals surface area contributed by atoms with Crippen molar-refractivity contribution in [3.63, 3.8) is 0 Å². The van der Waals surface area contributed by atoms with Gasteiger partial charge in [-0.1, -0.05) is 13.2 Å². The highest BCUT2D eigenvalue weighted by Gasteiger charge is 2.13. The first kappa shape index (κ1) is 22.7. The van der Waals surface area contributed by atoms with E-state index in [0.717, 1.165) is 6.54 Å². The summed E-state index contributed by atoms with van der Waals surface area (Å²) in [6, 6.07) is 0.932. The van der Waals surface area contributed by atoms with Gasteiger partial charge >= 0.3 is 11.9 Å². The van der Waals surface area contributed by atoms with Crippen LogP contribution in [0.25, 0.3) is 0 Å². The smallest absolute Gasteiger partial charge is 0.333 e. The average molecular weight is 313 g/mol. The summed E-state index contributed by atoms with van der Waals surface area (Å²) >= 11 is 0. The fourth-order valence-corrected chi connectivity index (χ4v) is 1.65. The predicted octanol–water partition coefficient (Wildman–Crippen LogP) is 2.96. The van der Waals surface area contributed by atoms with E-state index in [9.17, 15) is 9.59 Å². The van der Waals surface area contributed by atoms with Gasteiger partial charge in [0.25, 0.3) is 0 Å². The van der Waals surface area contributed by atoms with Crippen molar-refractivity contribution in [2.45, 2.75) is 53.6 Å². The van der Waals surface area contributed by atoms with Gasteiger partial charge in [0, 0.05) is 29.8 Å². The van der Waals surface area contributed by atoms with Crippen LogP contribution < -0.4 is 0 Å². The Kier molecular flexibility index (Phi) is 12.3. The lowest BCUT2D eigenvalue weighted by Crippen LogP contribution is -2.39. The van der Waals surface area contributed by atoms with Crippen LogP contribution in [0.15, 0.2) is 24.3 Å². The standard InChI is InChI=1S/C12H23NO2.C5H8O2/c1-9(2)12(14)15-8-7-13(10(3)4)11(5)6;1-4(2)5(6)7-3/h10-11H,1,7-8H2,2-6H3;1H2,2-3H3. The maximum Gasteiger partial charge on any atom is 0.333 e. The molecule has 0 saturated heterocycles. The quantitative estimate of drug-likeness (QED) is 0.534. The van der Waals surface area contributed by atoms with Gasteiger partial charge in [0.05, 0.1) is 7.11 Å². The molecule has 0 aromatic heterocycles. The number of hydrogen-bond acceptors (Lipinski definition) is 5. The molecule has 0 aromatic rings. The zero-order valence-corrected chi connectivity index (χ0v) is 15.1. The largest absolute Gasteiger partial charge is 0.466 e. The Morgan fingerprint density at radius 2 is 1.36 bits per heavy atom. The molecule has 0 radical (unpaired) electrons. The molecule has 0 heterocycles. The highest BCUT2D eigenvalue weighted by atomic mass is 16.5. The topological polar surface area (TPSA) is 55.8 Å². The van der Waals surface area contributed by atoms with Crippen LogP contribution in [-0.4, -0.2) is 49.2 Å². The second-order valence-electron chi connectivity index (χ2n) is 5.61. The van der Waals surface area contributed by atoms with Crippen LogP contribution in [0.5, 0.6) is 0 Å². The van der Waals surface area contributed by atoms with E-state index in [1.54, 1.807) is 13.8 Å². The number of methoxy groups -OCH3 is 1. The lowest BCUT2D eigenvalue weighted by Gasteiger charge is -2.30. The number of hydrogen-bond donors (Lipinski definition) is 0. The van der Waals surface area contributed by atoms with Gasteiger partial charge < -0.3 is 9.47 Å². The summed E-state index contributed by atoms with van der Waals surface area (Å²) in [6.45, 7) is 19.9. The summed E-state index contributed by atoms with van der Waals surface area (Å²) < 4.78 is 9.33. The van der Waals surface area contributed by atoms with Crippen LogP contribution in [0.1, 0.15) is 41.5 Å². The molecule has 0 bridgehead atoms. The molecule has 128 valence electrons. The number of carbonyl (C=O) groups is 2. The van der Waals surface area contributed by atoms with Crippen molar-refractivity contribution in [1.82, 2.24) is 4.90 Å². The third-order valence-electron chi connectivity index (χ3n) is 2.79. The first-order chi connectivity index (χ1) is 10.0. The van der Waals surface area contributed by atoms with Crippen molar-refractivity contribution in [2.24, 2.45) is 0 Å². The van der Waals surface area contributed by atoms with E-state index in [0.29, 0.717) is 29.8 Å². The Bertz CT molecular complexity index is 378. The summed E-state index contributed by atoms with van der Waals surface area (Å²) in [7, 11) is 1.33. The molecule has 0 saturated carbocycles. The molecule has 0 aliphatic carbocycles. The molecule has 22 heavy (non-hydrogen) atoms. The van der Waals surface area contributed by atoms with Crippen molar-refractivity contribution >= 4 is 11.9 Å². The summed E-state index contributed by atoms with van der Waals surface area (Å²) in [4.78, 5) is 23.6. The Morgan fingerprint density at radius 3 is 1.59 bits per heavy atom. The first-order valence-electron chi connectivity index (χ1n) is 7.36. The minimum Gasteiger partial charge on any atom is -0.466 e. The average Bonchev–Trinajstić information content (AvgIpc) is 2.41. The van der Waals surface area contributed by atoms with Gasteiger partial charge in [-0.2, -0.15) is 0 Å². The molecule has 0 atom stereocenters. The van der Waals surface area contributed by atoms with Crippen molar-refractivity contribution in [2.75, 3.05) is 20.3 Å². The molecule has 0 aromatic carbocycles. The summed E-state index contributed by atoms with van der Waals surface area (Å²) in [5, 5.41) is 0. The molecular weight excluding hydrogens is 282 g/mol. The lowest BCUT2D eigenvalue weighted by molar-refractivity contribution is -0.139. The van der Waals surface area contributed by atoms with Gasteiger partial charge in [-0.15, -0.1) is 0 Å². The normalized spacial score (nSPS) is 10.1. The number of esters is 2. The van der Waals surface area contributed by atoms with Crippen molar-refractivity contribution < 1.29 is 19.1 Å². The van der Waals surface area contributed by atoms with E-state index in [-0.39, 0.29) is 11.9 Å². The van der Waals surface area contributed by atoms with E-state index in [4.69, 9.17) is 4.74 Å². The molecular formula is C17H31NO4. The van der Waals surface area contributed by atoms with Crippen LogP contribution >= 0.6 is 0 Å². The molecule has 0 rings (SSSR count). The molecule has 0 amide bonds. The van der Waals surface area contributed by atoms with Crippen molar-refractivity contribution in [1.29, 1.82) is 0 Å². The van der Waals surface area contributed by atoms with Gasteiger partial charge in [-0.3, -0.25) is 4.90 Å². The maximum absolute atomic E-state index is 11.1. The number of rotatable bonds is 7. The molecule has 5 nitrogen and oxygen atoms in total. The molecule has 5 heteroatoms. The van der Waals surface area contributed by atoms with E-state index >= 15 is 0 Å². The van der Waals surface area contributed by atoms with Gasteiger partial charge in [0.15, 0.2) is 0 Å². The zero-order chi connectivity index (χ0) is 17.9. The summed E-state index contributed by atoms with van der Waals surface area (Å²) in [6.07, 6.45) is 0. The van der Waals surface area contributed by atoms with Gasteiger partial charge in [-0.25, -0.2) is 9.59 Å². The van der Waals surface area contributed by atoms with E-state index in [2.05, 4.69) is 50.5 Å². The van der Waals surface area contributed by atoms with Gasteiger partial charge in [0.2, 0.25) is 0 Å². The van der Waals surface area contributed by atoms with E-state index in [1.807, 2.05) is 0 Å². The predicted molar refractivity (Wildman–Crippen MR) is 89.6 cm³/mol. The van der Waals surface area contributed by atoms with E-state index < -0.39 is 0 Å². The Balaban J connectivity index is 0. The summed E-state index contributed by atoms with van der Waals surface area (Å²) in [5.41, 5.74) is 0.887. The fraction of sp³-hybridized carbons (Fsp3) is 0.647. The highest BCUT2D eigenvalue weighted by Crippen LogP contribution is 2.04. The van der Waals surface area contributed by atoms with Crippen LogP contribution in [0, 0.1) is 0 Å². The van der Waals surface area contributed by atoms with Crippen LogP contribution in [0.3, 0.4) is 0 Å². The van der Waals surface area contributed by atoms with Crippen molar-refractivity contribution in [3.05, 3.63) is 24.3 Å². The van der Waals surface area contributed by atoms with Crippen LogP contribution in [-0.2, 0) is 19.1 Å². The molecule has 0 aliphatic rings. The SMILES string of the molecule is C=C(C)C(=O)OC.C=C(C)C(=O)OCCN(C(C)C)C(C)C. The first-order valence-corrected chi connectivity index (χ1v) is 7.36. The summed E-state index contributed by atoms with van der Waals surface area (Å²) in [5.74, 6) is -0.650. The third kappa shape index (κ3) is 11.1. The Morgan fingerprint density at radius 1 is 0.955 bits per heavy atom. The van der Waals surface area contributed by atoms with Gasteiger partial charge in [0.1, 0.15) is 6.61 Å². The van der Waals surface area contributed by atoms with Gasteiger partial charge in [-0.05, 0) is 41.5 Å². The number of carbonyl (C=O) groups excluding carboxylic acids is 2. The highest BCUT2D eigenvalue weighted by molar-refractivity contribution is 5.87. The molecule has 0 spiro atoms. The maximum atomic E-state index is 11.1. The third-order valence-corrected chi connectivity index (χ3v) is 2.79. The Labute approximate surface area is 135 Å². The van der Waals surface area contributed by atoms with E-state index in [1.165, 1.54) is 7.11 Å². The number of nitrogens with zero attached hydrogens (tertiary/aromatic N) is 1. The number of ether oxygens (including phenoxy) is 2. The zero-order valence-electron chi connectivity index (χ0n) is 15.1. The molecule has 0 fully saturated rings. The Hall–Kier alpha value is -1.62. The van der Waals surface area contributed by atoms with Crippen molar-refractivity contribution in [3.8, 4) is 0 Å². The van der Waals surface area contributed by atoms with Crippen LogP contribution in [0.4, 0.5) is 0 Å². The fourth-order valence-electron chi connectivity index (χ4n) is 1.65. The monoisotopic (exact) mass is 313 g/mol. The molecule has 0 N–H and O–H groups in total. The molecule has 0 aliphatic heterocycles. The minimum absolute atomic E-state index is 0.303.